The molecule has 0 fully saturated rings. The summed E-state index contributed by atoms with van der Waals surface area (Å²) in [5.41, 5.74) is 3.07. The first-order chi connectivity index (χ1) is 21.3. The van der Waals surface area contributed by atoms with Crippen molar-refractivity contribution in [2.24, 2.45) is 0 Å². The summed E-state index contributed by atoms with van der Waals surface area (Å²) in [6.45, 7) is 2.89. The quantitative estimate of drug-likeness (QED) is 0.175. The van der Waals surface area contributed by atoms with Crippen LogP contribution in [-0.2, 0) is 9.59 Å². The smallest absolute Gasteiger partial charge is 0.223 e. The van der Waals surface area contributed by atoms with Crippen LogP contribution >= 0.6 is 22.7 Å². The molecule has 7 aromatic rings. The largest absolute Gasteiger partial charge is 0.347 e. The van der Waals surface area contributed by atoms with Crippen LogP contribution in [0.1, 0.15) is 25.2 Å². The molecule has 0 bridgehead atoms. The number of hydrogen-bond acceptors (Lipinski definition) is 8. The molecule has 2 N–H and O–H groups in total. The Hall–Kier alpha value is -5.46. The van der Waals surface area contributed by atoms with Gasteiger partial charge in [-0.2, -0.15) is 10.2 Å². The van der Waals surface area contributed by atoms with Crippen molar-refractivity contribution >= 4 is 87.5 Å². The van der Waals surface area contributed by atoms with Crippen molar-refractivity contribution in [1.82, 2.24) is 29.5 Å². The van der Waals surface area contributed by atoms with Crippen molar-refractivity contribution in [3.8, 4) is 11.4 Å². The molecular formula is C32H22N6O4S2. The number of carbonyl (C=O) groups excluding carboxylic acids is 2. The summed E-state index contributed by atoms with van der Waals surface area (Å²) >= 11 is 2.30. The van der Waals surface area contributed by atoms with E-state index in [1.54, 1.807) is 21.5 Å². The lowest BCUT2D eigenvalue weighted by atomic mass is 10.2. The van der Waals surface area contributed by atoms with Gasteiger partial charge in [0.05, 0.1) is 11.4 Å². The van der Waals surface area contributed by atoms with Crippen molar-refractivity contribution in [3.05, 3.63) is 105 Å². The lowest BCUT2D eigenvalue weighted by Crippen LogP contribution is -2.14. The molecule has 0 amide bonds. The number of allylic oxidation sites excluding steroid dienone is 2. The number of benzene rings is 3. The van der Waals surface area contributed by atoms with Crippen molar-refractivity contribution in [1.29, 1.82) is 0 Å². The molecule has 0 aliphatic rings. The highest BCUT2D eigenvalue weighted by atomic mass is 32.1. The minimum absolute atomic E-state index is 0.150. The highest BCUT2D eigenvalue weighted by Crippen LogP contribution is 2.32. The van der Waals surface area contributed by atoms with Crippen molar-refractivity contribution in [3.63, 3.8) is 0 Å². The van der Waals surface area contributed by atoms with Gasteiger partial charge in [-0.15, -0.1) is 22.7 Å². The third kappa shape index (κ3) is 4.57. The van der Waals surface area contributed by atoms with Crippen LogP contribution in [0.25, 0.3) is 64.7 Å². The first-order valence-electron chi connectivity index (χ1n) is 13.5. The second-order valence-corrected chi connectivity index (χ2v) is 12.0. The van der Waals surface area contributed by atoms with Gasteiger partial charge in [0.2, 0.25) is 10.9 Å². The van der Waals surface area contributed by atoms with E-state index in [1.165, 1.54) is 26.0 Å². The van der Waals surface area contributed by atoms with Gasteiger partial charge in [-0.1, -0.05) is 36.4 Å². The SMILES string of the molecule is CC(=O)/C=C/c1nn(-c2ccccc2)c2sc3c(=O)c4[nH]c5c(/C=C/C(C)=O)nn(-c6ccccc6)c5sc4c(=O)c3[nH]c12. The lowest BCUT2D eigenvalue weighted by Gasteiger charge is -2.06. The molecule has 3 aromatic carbocycles. The zero-order valence-electron chi connectivity index (χ0n) is 23.3. The summed E-state index contributed by atoms with van der Waals surface area (Å²) in [5, 5.41) is 9.42. The van der Waals surface area contributed by atoms with E-state index in [4.69, 9.17) is 10.2 Å². The molecule has 0 saturated carbocycles. The fraction of sp³-hybridized carbons (Fsp3) is 0.0625. The summed E-state index contributed by atoms with van der Waals surface area (Å²) in [7, 11) is 0. The Morgan fingerprint density at radius 3 is 1.39 bits per heavy atom. The van der Waals surface area contributed by atoms with Gasteiger partial charge < -0.3 is 9.97 Å². The Kier molecular flexibility index (Phi) is 6.64. The highest BCUT2D eigenvalue weighted by molar-refractivity contribution is 7.25. The summed E-state index contributed by atoms with van der Waals surface area (Å²) < 4.78 is 3.84. The number of nitrogens with zero attached hydrogens (tertiary/aromatic N) is 4. The minimum Gasteiger partial charge on any atom is -0.347 e. The van der Waals surface area contributed by atoms with Gasteiger partial charge in [0, 0.05) is 0 Å². The van der Waals surface area contributed by atoms with Crippen molar-refractivity contribution in [2.45, 2.75) is 13.8 Å². The Morgan fingerprint density at radius 2 is 1.02 bits per heavy atom. The zero-order valence-corrected chi connectivity index (χ0v) is 25.0. The van der Waals surface area contributed by atoms with Crippen LogP contribution in [0, 0.1) is 0 Å². The molecule has 0 aliphatic heterocycles. The molecule has 0 saturated heterocycles. The van der Waals surface area contributed by atoms with E-state index in [0.29, 0.717) is 32.1 Å². The topological polar surface area (TPSA) is 135 Å². The van der Waals surface area contributed by atoms with Gasteiger partial charge in [0.1, 0.15) is 52.5 Å². The fourth-order valence-electron chi connectivity index (χ4n) is 4.90. The number of nitrogens with one attached hydrogen (secondary N) is 2. The maximum absolute atomic E-state index is 14.1. The van der Waals surface area contributed by atoms with Gasteiger partial charge in [0.15, 0.2) is 11.6 Å². The first-order valence-corrected chi connectivity index (χ1v) is 15.2. The second-order valence-electron chi connectivity index (χ2n) is 10.0. The number of carbonyl (C=O) groups is 2. The van der Waals surface area contributed by atoms with Gasteiger partial charge >= 0.3 is 0 Å². The van der Waals surface area contributed by atoms with Crippen LogP contribution in [0.2, 0.25) is 0 Å². The molecule has 216 valence electrons. The van der Waals surface area contributed by atoms with Gasteiger partial charge in [-0.05, 0) is 62.4 Å². The number of ketones is 2. The number of fused-ring (bicyclic) bond motifs is 4. The molecule has 12 heteroatoms. The number of aromatic nitrogens is 6. The Bertz CT molecular complexity index is 2310. The molecule has 0 unspecified atom stereocenters. The van der Waals surface area contributed by atoms with E-state index < -0.39 is 0 Å². The second kappa shape index (κ2) is 10.7. The molecule has 0 spiro atoms. The first kappa shape index (κ1) is 27.4. The fourth-order valence-corrected chi connectivity index (χ4v) is 7.15. The molecular weight excluding hydrogens is 597 g/mol. The minimum atomic E-state index is -0.355. The molecule has 0 radical (unpaired) electrons. The molecule has 4 aromatic heterocycles. The highest BCUT2D eigenvalue weighted by Gasteiger charge is 2.21. The summed E-state index contributed by atoms with van der Waals surface area (Å²) in [6.07, 6.45) is 6.01. The van der Waals surface area contributed by atoms with E-state index in [-0.39, 0.29) is 42.9 Å². The molecule has 7 rings (SSSR count). The maximum Gasteiger partial charge on any atom is 0.223 e. The molecule has 4 heterocycles. The number of hydrogen-bond donors (Lipinski definition) is 2. The monoisotopic (exact) mass is 618 g/mol. The number of aromatic amines is 2. The maximum atomic E-state index is 14.1. The van der Waals surface area contributed by atoms with E-state index >= 15 is 0 Å². The Balaban J connectivity index is 1.58. The lowest BCUT2D eigenvalue weighted by molar-refractivity contribution is -0.113. The van der Waals surface area contributed by atoms with Crippen LogP contribution in [0.5, 0.6) is 0 Å². The van der Waals surface area contributed by atoms with E-state index in [2.05, 4.69) is 9.97 Å². The Labute approximate surface area is 255 Å². The Morgan fingerprint density at radius 1 is 0.636 bits per heavy atom. The summed E-state index contributed by atoms with van der Waals surface area (Å²) in [4.78, 5) is 59.3. The summed E-state index contributed by atoms with van der Waals surface area (Å²) in [6, 6.07) is 18.8. The van der Waals surface area contributed by atoms with Gasteiger partial charge in [-0.3, -0.25) is 19.2 Å². The van der Waals surface area contributed by atoms with Crippen LogP contribution in [0.15, 0.2) is 82.4 Å². The van der Waals surface area contributed by atoms with Crippen LogP contribution in [0.4, 0.5) is 0 Å². The van der Waals surface area contributed by atoms with E-state index in [0.717, 1.165) is 34.0 Å². The third-order valence-electron chi connectivity index (χ3n) is 6.91. The third-order valence-corrected chi connectivity index (χ3v) is 9.24. The normalized spacial score (nSPS) is 12.0. The van der Waals surface area contributed by atoms with Crippen molar-refractivity contribution in [2.75, 3.05) is 0 Å². The molecule has 10 nitrogen and oxygen atoms in total. The molecule has 44 heavy (non-hydrogen) atoms. The average molecular weight is 619 g/mol. The van der Waals surface area contributed by atoms with E-state index in [1.807, 2.05) is 60.7 Å². The summed E-state index contributed by atoms with van der Waals surface area (Å²) in [5.74, 6) is -0.300. The standard InChI is InChI=1S/C32H22N6O4S2/c1-17(39)13-15-21-23-31(37(35-21)19-9-5-3-6-10-19)43-29-25(33-23)27(41)30-26(28(29)42)34-24-22(16-14-18(2)40)36-38(32(24)44-30)20-11-7-4-8-12-20/h3-16,33-34H,1-2H3/b15-13+,16-14+. The number of para-hydroxylation sites is 2. The van der Waals surface area contributed by atoms with Gasteiger partial charge in [-0.25, -0.2) is 9.36 Å². The molecule has 0 aliphatic carbocycles. The van der Waals surface area contributed by atoms with E-state index in [9.17, 15) is 19.2 Å². The molecule has 0 atom stereocenters. The number of H-pyrrole nitrogens is 2. The predicted octanol–water partition coefficient (Wildman–Crippen LogP) is 5.94. The van der Waals surface area contributed by atoms with Crippen LogP contribution in [-0.4, -0.2) is 41.1 Å². The number of rotatable bonds is 6. The zero-order chi connectivity index (χ0) is 30.5. The van der Waals surface area contributed by atoms with Crippen LogP contribution < -0.4 is 10.9 Å². The van der Waals surface area contributed by atoms with Crippen molar-refractivity contribution < 1.29 is 9.59 Å². The predicted molar refractivity (Wildman–Crippen MR) is 176 cm³/mol. The average Bonchev–Trinajstić information content (AvgIpc) is 3.58. The van der Waals surface area contributed by atoms with Gasteiger partial charge in [0.25, 0.3) is 0 Å². The van der Waals surface area contributed by atoms with Crippen LogP contribution in [0.3, 0.4) is 0 Å².